The fraction of sp³-hybridized carbons (Fsp3) is 0.615. The summed E-state index contributed by atoms with van der Waals surface area (Å²) in [5, 5.41) is 11.5. The maximum absolute atomic E-state index is 5.89. The van der Waals surface area contributed by atoms with Gasteiger partial charge in [-0.25, -0.2) is 0 Å². The molecule has 0 bridgehead atoms. The zero-order valence-electron chi connectivity index (χ0n) is 12.0. The molecule has 108 valence electrons. The molecule has 0 spiro atoms. The van der Waals surface area contributed by atoms with Gasteiger partial charge in [0.05, 0.1) is 0 Å². The number of hydrogen-bond acceptors (Lipinski definition) is 5. The van der Waals surface area contributed by atoms with Crippen molar-refractivity contribution in [3.63, 3.8) is 0 Å². The van der Waals surface area contributed by atoms with Crippen LogP contribution in [0.4, 0.5) is 5.95 Å². The van der Waals surface area contributed by atoms with E-state index in [4.69, 9.17) is 5.73 Å². The predicted molar refractivity (Wildman–Crippen MR) is 77.2 cm³/mol. The van der Waals surface area contributed by atoms with Crippen molar-refractivity contribution in [1.82, 2.24) is 25.0 Å². The highest BCUT2D eigenvalue weighted by Crippen LogP contribution is 2.30. The van der Waals surface area contributed by atoms with Gasteiger partial charge in [-0.05, 0) is 30.9 Å². The highest BCUT2D eigenvalue weighted by molar-refractivity contribution is 5.51. The minimum Gasteiger partial charge on any atom is -0.339 e. The van der Waals surface area contributed by atoms with Crippen LogP contribution in [0.3, 0.4) is 0 Å². The number of aryl methyl sites for hydroxylation is 1. The van der Waals surface area contributed by atoms with Gasteiger partial charge in [0.15, 0.2) is 5.82 Å². The van der Waals surface area contributed by atoms with Crippen LogP contribution in [-0.2, 0) is 7.05 Å². The Hall–Kier alpha value is -1.89. The van der Waals surface area contributed by atoms with Crippen molar-refractivity contribution in [1.29, 1.82) is 0 Å². The molecule has 2 aromatic heterocycles. The number of aromatic amines is 1. The largest absolute Gasteiger partial charge is 0.339 e. The van der Waals surface area contributed by atoms with Crippen LogP contribution in [0.5, 0.6) is 0 Å². The van der Waals surface area contributed by atoms with E-state index in [9.17, 15) is 0 Å². The number of piperidine rings is 1. The first kappa shape index (κ1) is 13.1. The summed E-state index contributed by atoms with van der Waals surface area (Å²) in [6.45, 7) is 4.82. The standard InChI is InChI=1S/C13H21N7/c1-13(8-14)5-3-7-20(9-13)12-16-11(17-18-12)10-4-6-15-19(10)2/h4,6H,3,5,7-9,14H2,1-2H3,(H,16,17,18). The fourth-order valence-corrected chi connectivity index (χ4v) is 2.77. The third kappa shape index (κ3) is 2.29. The van der Waals surface area contributed by atoms with E-state index < -0.39 is 0 Å². The Morgan fingerprint density at radius 2 is 2.35 bits per heavy atom. The molecular weight excluding hydrogens is 254 g/mol. The van der Waals surface area contributed by atoms with E-state index in [0.717, 1.165) is 37.0 Å². The number of H-pyrrole nitrogens is 1. The van der Waals surface area contributed by atoms with E-state index in [0.29, 0.717) is 6.54 Å². The lowest BCUT2D eigenvalue weighted by Crippen LogP contribution is -2.46. The van der Waals surface area contributed by atoms with Gasteiger partial charge in [0.25, 0.3) is 0 Å². The SMILES string of the molecule is Cn1nccc1-c1nc(N2CCCC(C)(CN)C2)n[nH]1. The normalized spacial score (nSPS) is 23.2. The van der Waals surface area contributed by atoms with E-state index in [2.05, 4.69) is 32.1 Å². The summed E-state index contributed by atoms with van der Waals surface area (Å²) in [6.07, 6.45) is 4.05. The molecule has 1 aliphatic heterocycles. The Morgan fingerprint density at radius 1 is 1.50 bits per heavy atom. The van der Waals surface area contributed by atoms with Gasteiger partial charge in [-0.3, -0.25) is 9.78 Å². The lowest BCUT2D eigenvalue weighted by Gasteiger charge is -2.39. The van der Waals surface area contributed by atoms with Crippen molar-refractivity contribution < 1.29 is 0 Å². The molecule has 0 aliphatic carbocycles. The molecule has 0 amide bonds. The third-order valence-corrected chi connectivity index (χ3v) is 4.09. The minimum absolute atomic E-state index is 0.158. The predicted octanol–water partition coefficient (Wildman–Crippen LogP) is 0.770. The Bertz CT molecular complexity index is 587. The molecule has 20 heavy (non-hydrogen) atoms. The lowest BCUT2D eigenvalue weighted by molar-refractivity contribution is 0.270. The van der Waals surface area contributed by atoms with Crippen LogP contribution in [0.25, 0.3) is 11.5 Å². The Balaban J connectivity index is 1.82. The molecule has 2 aromatic rings. The van der Waals surface area contributed by atoms with Gasteiger partial charge in [0, 0.05) is 26.3 Å². The van der Waals surface area contributed by atoms with E-state index in [1.54, 1.807) is 10.9 Å². The van der Waals surface area contributed by atoms with Gasteiger partial charge < -0.3 is 10.6 Å². The molecule has 7 nitrogen and oxygen atoms in total. The molecule has 3 rings (SSSR count). The monoisotopic (exact) mass is 275 g/mol. The molecule has 0 radical (unpaired) electrons. The second kappa shape index (κ2) is 4.90. The van der Waals surface area contributed by atoms with Crippen molar-refractivity contribution in [3.05, 3.63) is 12.3 Å². The molecular formula is C13H21N7. The van der Waals surface area contributed by atoms with E-state index >= 15 is 0 Å². The topological polar surface area (TPSA) is 88.7 Å². The summed E-state index contributed by atoms with van der Waals surface area (Å²) in [5.41, 5.74) is 6.98. The van der Waals surface area contributed by atoms with Crippen molar-refractivity contribution in [2.24, 2.45) is 18.2 Å². The highest BCUT2D eigenvalue weighted by Gasteiger charge is 2.31. The van der Waals surface area contributed by atoms with Crippen LogP contribution >= 0.6 is 0 Å². The molecule has 1 atom stereocenters. The van der Waals surface area contributed by atoms with Crippen LogP contribution in [0.1, 0.15) is 19.8 Å². The van der Waals surface area contributed by atoms with E-state index in [-0.39, 0.29) is 5.41 Å². The van der Waals surface area contributed by atoms with Gasteiger partial charge >= 0.3 is 0 Å². The smallest absolute Gasteiger partial charge is 0.245 e. The molecule has 3 heterocycles. The van der Waals surface area contributed by atoms with Gasteiger partial charge in [-0.15, -0.1) is 5.10 Å². The van der Waals surface area contributed by atoms with Crippen LogP contribution in [0.15, 0.2) is 12.3 Å². The Kier molecular flexibility index (Phi) is 3.21. The van der Waals surface area contributed by atoms with Gasteiger partial charge in [-0.1, -0.05) is 6.92 Å². The average molecular weight is 275 g/mol. The summed E-state index contributed by atoms with van der Waals surface area (Å²) in [4.78, 5) is 6.81. The number of rotatable bonds is 3. The summed E-state index contributed by atoms with van der Waals surface area (Å²) >= 11 is 0. The van der Waals surface area contributed by atoms with Crippen LogP contribution in [0, 0.1) is 5.41 Å². The fourth-order valence-electron chi connectivity index (χ4n) is 2.77. The molecule has 0 saturated carbocycles. The maximum Gasteiger partial charge on any atom is 0.245 e. The van der Waals surface area contributed by atoms with Gasteiger partial charge in [-0.2, -0.15) is 10.1 Å². The number of nitrogens with zero attached hydrogens (tertiary/aromatic N) is 5. The first-order valence-corrected chi connectivity index (χ1v) is 6.97. The molecule has 7 heteroatoms. The molecule has 1 unspecified atom stereocenters. The number of nitrogens with one attached hydrogen (secondary N) is 1. The number of nitrogens with two attached hydrogens (primary N) is 1. The number of anilines is 1. The number of aromatic nitrogens is 5. The van der Waals surface area contributed by atoms with Crippen LogP contribution in [-0.4, -0.2) is 44.6 Å². The molecule has 1 saturated heterocycles. The van der Waals surface area contributed by atoms with Crippen molar-refractivity contribution in [3.8, 4) is 11.5 Å². The lowest BCUT2D eigenvalue weighted by atomic mass is 9.82. The van der Waals surface area contributed by atoms with Crippen LogP contribution in [0.2, 0.25) is 0 Å². The second-order valence-corrected chi connectivity index (χ2v) is 5.86. The molecule has 0 aromatic carbocycles. The molecule has 1 fully saturated rings. The minimum atomic E-state index is 0.158. The van der Waals surface area contributed by atoms with Crippen molar-refractivity contribution in [2.45, 2.75) is 19.8 Å². The maximum atomic E-state index is 5.89. The second-order valence-electron chi connectivity index (χ2n) is 5.86. The molecule has 3 N–H and O–H groups in total. The number of hydrogen-bond donors (Lipinski definition) is 2. The van der Waals surface area contributed by atoms with Crippen molar-refractivity contribution in [2.75, 3.05) is 24.5 Å². The zero-order chi connectivity index (χ0) is 14.2. The van der Waals surface area contributed by atoms with Gasteiger partial charge in [0.1, 0.15) is 5.69 Å². The average Bonchev–Trinajstić information content (AvgIpc) is 3.07. The summed E-state index contributed by atoms with van der Waals surface area (Å²) in [5.74, 6) is 1.50. The molecule has 1 aliphatic rings. The Labute approximate surface area is 118 Å². The van der Waals surface area contributed by atoms with Gasteiger partial charge in [0.2, 0.25) is 5.95 Å². The quantitative estimate of drug-likeness (QED) is 0.863. The van der Waals surface area contributed by atoms with E-state index in [1.807, 2.05) is 13.1 Å². The van der Waals surface area contributed by atoms with E-state index in [1.165, 1.54) is 6.42 Å². The van der Waals surface area contributed by atoms with Crippen molar-refractivity contribution >= 4 is 5.95 Å². The Morgan fingerprint density at radius 3 is 3.05 bits per heavy atom. The summed E-state index contributed by atoms with van der Waals surface area (Å²) < 4.78 is 1.78. The first-order chi connectivity index (χ1) is 9.61. The van der Waals surface area contributed by atoms with Crippen LogP contribution < -0.4 is 10.6 Å². The third-order valence-electron chi connectivity index (χ3n) is 4.09. The first-order valence-electron chi connectivity index (χ1n) is 6.97. The summed E-state index contributed by atoms with van der Waals surface area (Å²) in [6, 6.07) is 1.92. The zero-order valence-corrected chi connectivity index (χ0v) is 12.0. The summed E-state index contributed by atoms with van der Waals surface area (Å²) in [7, 11) is 1.89. The highest BCUT2D eigenvalue weighted by atomic mass is 15.4.